The third kappa shape index (κ3) is 2.28. The first kappa shape index (κ1) is 13.7. The van der Waals surface area contributed by atoms with Crippen LogP contribution in [-0.4, -0.2) is 40.2 Å². The lowest BCUT2D eigenvalue weighted by atomic mass is 10.2. The Labute approximate surface area is 127 Å². The third-order valence-corrected chi connectivity index (χ3v) is 5.06. The van der Waals surface area contributed by atoms with Gasteiger partial charge in [0.1, 0.15) is 11.2 Å². The van der Waals surface area contributed by atoms with E-state index < -0.39 is 10.0 Å². The second kappa shape index (κ2) is 4.79. The normalized spacial score (nSPS) is 22.8. The third-order valence-electron chi connectivity index (χ3n) is 4.30. The molecule has 4 rings (SSSR count). The van der Waals surface area contributed by atoms with Crippen LogP contribution < -0.4 is 4.72 Å². The van der Waals surface area contributed by atoms with Crippen LogP contribution in [0.1, 0.15) is 25.3 Å². The standard InChI is InChI=1S/C14H17N5O2S/c1-22(20,21)18-9-2-3-10(6-9)19-8-17-12-7-16-14-11(13(12)19)4-5-15-14/h4-5,7-10,18H,2-3,6H2,1H3,(H,15,16). The van der Waals surface area contributed by atoms with Crippen LogP contribution in [0.25, 0.3) is 22.1 Å². The average molecular weight is 319 g/mol. The lowest BCUT2D eigenvalue weighted by Gasteiger charge is -2.14. The van der Waals surface area contributed by atoms with Crippen molar-refractivity contribution in [3.63, 3.8) is 0 Å². The molecule has 3 aromatic rings. The summed E-state index contributed by atoms with van der Waals surface area (Å²) in [5.41, 5.74) is 2.78. The second-order valence-corrected chi connectivity index (χ2v) is 7.72. The van der Waals surface area contributed by atoms with Gasteiger partial charge in [-0.2, -0.15) is 0 Å². The van der Waals surface area contributed by atoms with Gasteiger partial charge in [-0.3, -0.25) is 0 Å². The van der Waals surface area contributed by atoms with Gasteiger partial charge in [-0.15, -0.1) is 0 Å². The Morgan fingerprint density at radius 2 is 2.23 bits per heavy atom. The number of aromatic nitrogens is 4. The summed E-state index contributed by atoms with van der Waals surface area (Å²) in [6, 6.07) is 2.26. The predicted molar refractivity (Wildman–Crippen MR) is 84.0 cm³/mol. The topological polar surface area (TPSA) is 92.7 Å². The Morgan fingerprint density at radius 3 is 3.05 bits per heavy atom. The molecular weight excluding hydrogens is 302 g/mol. The van der Waals surface area contributed by atoms with E-state index in [2.05, 4.69) is 24.2 Å². The summed E-state index contributed by atoms with van der Waals surface area (Å²) in [4.78, 5) is 11.9. The molecule has 0 aromatic carbocycles. The molecule has 1 aliphatic rings. The van der Waals surface area contributed by atoms with Gasteiger partial charge in [-0.1, -0.05) is 0 Å². The van der Waals surface area contributed by atoms with Gasteiger partial charge >= 0.3 is 0 Å². The highest BCUT2D eigenvalue weighted by atomic mass is 32.2. The second-order valence-electron chi connectivity index (χ2n) is 5.94. The highest BCUT2D eigenvalue weighted by Gasteiger charge is 2.29. The zero-order valence-electron chi connectivity index (χ0n) is 12.2. The molecule has 0 radical (unpaired) electrons. The van der Waals surface area contributed by atoms with E-state index in [0.29, 0.717) is 0 Å². The first-order valence-electron chi connectivity index (χ1n) is 7.27. The Kier molecular flexibility index (Phi) is 2.98. The molecule has 0 spiro atoms. The molecule has 22 heavy (non-hydrogen) atoms. The Hall–Kier alpha value is -1.93. The highest BCUT2D eigenvalue weighted by Crippen LogP contribution is 2.34. The lowest BCUT2D eigenvalue weighted by Crippen LogP contribution is -2.32. The van der Waals surface area contributed by atoms with Gasteiger partial charge in [0.2, 0.25) is 10.0 Å². The van der Waals surface area contributed by atoms with Crippen molar-refractivity contribution in [2.45, 2.75) is 31.3 Å². The molecule has 1 aliphatic carbocycles. The van der Waals surface area contributed by atoms with Gasteiger partial charge in [-0.25, -0.2) is 23.1 Å². The van der Waals surface area contributed by atoms with E-state index in [1.807, 2.05) is 18.6 Å². The fourth-order valence-corrected chi connectivity index (χ4v) is 4.25. The predicted octanol–water partition coefficient (Wildman–Crippen LogP) is 1.56. The number of aromatic amines is 1. The first-order chi connectivity index (χ1) is 10.5. The highest BCUT2D eigenvalue weighted by molar-refractivity contribution is 7.88. The molecule has 2 atom stereocenters. The molecule has 2 N–H and O–H groups in total. The Bertz CT molecular complexity index is 943. The summed E-state index contributed by atoms with van der Waals surface area (Å²) in [5.74, 6) is 0. The van der Waals surface area contributed by atoms with Crippen LogP contribution in [-0.2, 0) is 10.0 Å². The molecule has 2 unspecified atom stereocenters. The zero-order valence-corrected chi connectivity index (χ0v) is 13.0. The van der Waals surface area contributed by atoms with Crippen LogP contribution in [0.2, 0.25) is 0 Å². The van der Waals surface area contributed by atoms with E-state index in [9.17, 15) is 8.42 Å². The van der Waals surface area contributed by atoms with E-state index in [1.165, 1.54) is 6.26 Å². The van der Waals surface area contributed by atoms with Crippen molar-refractivity contribution in [1.82, 2.24) is 24.2 Å². The number of hydrogen-bond donors (Lipinski definition) is 2. The van der Waals surface area contributed by atoms with E-state index in [1.54, 1.807) is 6.20 Å². The van der Waals surface area contributed by atoms with E-state index >= 15 is 0 Å². The largest absolute Gasteiger partial charge is 0.346 e. The number of sulfonamides is 1. The van der Waals surface area contributed by atoms with Crippen LogP contribution in [0.3, 0.4) is 0 Å². The van der Waals surface area contributed by atoms with Gasteiger partial charge in [0.25, 0.3) is 0 Å². The number of rotatable bonds is 3. The van der Waals surface area contributed by atoms with Gasteiger partial charge in [0.05, 0.1) is 24.3 Å². The summed E-state index contributed by atoms with van der Waals surface area (Å²) >= 11 is 0. The van der Waals surface area contributed by atoms with Crippen LogP contribution in [0, 0.1) is 0 Å². The summed E-state index contributed by atoms with van der Waals surface area (Å²) in [6.07, 6.45) is 9.26. The Morgan fingerprint density at radius 1 is 1.36 bits per heavy atom. The quantitative estimate of drug-likeness (QED) is 0.766. The van der Waals surface area contributed by atoms with Crippen LogP contribution in [0.15, 0.2) is 24.8 Å². The van der Waals surface area contributed by atoms with Crippen molar-refractivity contribution in [1.29, 1.82) is 0 Å². The Balaban J connectivity index is 1.71. The fraction of sp³-hybridized carbons (Fsp3) is 0.429. The van der Waals surface area contributed by atoms with Crippen molar-refractivity contribution in [2.24, 2.45) is 0 Å². The summed E-state index contributed by atoms with van der Waals surface area (Å²) in [6.45, 7) is 0. The average Bonchev–Trinajstić information content (AvgIpc) is 3.13. The van der Waals surface area contributed by atoms with Crippen molar-refractivity contribution >= 4 is 32.1 Å². The molecular formula is C14H17N5O2S. The molecule has 0 aliphatic heterocycles. The first-order valence-corrected chi connectivity index (χ1v) is 9.16. The summed E-state index contributed by atoms with van der Waals surface area (Å²) in [5, 5.41) is 1.05. The molecule has 0 saturated heterocycles. The molecule has 0 amide bonds. The lowest BCUT2D eigenvalue weighted by molar-refractivity contribution is 0.509. The molecule has 7 nitrogen and oxygen atoms in total. The molecule has 8 heteroatoms. The van der Waals surface area contributed by atoms with Crippen LogP contribution >= 0.6 is 0 Å². The molecule has 1 fully saturated rings. The molecule has 116 valence electrons. The number of pyridine rings is 1. The van der Waals surface area contributed by atoms with Crippen LogP contribution in [0.5, 0.6) is 0 Å². The minimum Gasteiger partial charge on any atom is -0.346 e. The minimum atomic E-state index is -3.16. The maximum absolute atomic E-state index is 11.4. The number of H-pyrrole nitrogens is 1. The van der Waals surface area contributed by atoms with Gasteiger partial charge in [0.15, 0.2) is 0 Å². The number of imidazole rings is 1. The van der Waals surface area contributed by atoms with E-state index in [0.717, 1.165) is 41.3 Å². The van der Waals surface area contributed by atoms with Gasteiger partial charge in [0, 0.05) is 23.7 Å². The van der Waals surface area contributed by atoms with Crippen molar-refractivity contribution in [3.05, 3.63) is 24.8 Å². The van der Waals surface area contributed by atoms with Crippen molar-refractivity contribution in [3.8, 4) is 0 Å². The van der Waals surface area contributed by atoms with Gasteiger partial charge < -0.3 is 9.55 Å². The van der Waals surface area contributed by atoms with Crippen LogP contribution in [0.4, 0.5) is 0 Å². The number of hydrogen-bond acceptors (Lipinski definition) is 4. The van der Waals surface area contributed by atoms with Crippen molar-refractivity contribution < 1.29 is 8.42 Å². The van der Waals surface area contributed by atoms with E-state index in [-0.39, 0.29) is 12.1 Å². The molecule has 3 heterocycles. The fourth-order valence-electron chi connectivity index (χ4n) is 3.43. The SMILES string of the molecule is CS(=O)(=O)NC1CCC(n2cnc3cnc4[nH]ccc4c32)C1. The maximum Gasteiger partial charge on any atom is 0.208 e. The number of nitrogens with one attached hydrogen (secondary N) is 2. The van der Waals surface area contributed by atoms with Gasteiger partial charge in [-0.05, 0) is 25.3 Å². The van der Waals surface area contributed by atoms with Crippen molar-refractivity contribution in [2.75, 3.05) is 6.26 Å². The summed E-state index contributed by atoms with van der Waals surface area (Å²) in [7, 11) is -3.16. The zero-order chi connectivity index (χ0) is 15.3. The summed E-state index contributed by atoms with van der Waals surface area (Å²) < 4.78 is 27.7. The number of fused-ring (bicyclic) bond motifs is 3. The maximum atomic E-state index is 11.4. The smallest absolute Gasteiger partial charge is 0.208 e. The molecule has 3 aromatic heterocycles. The molecule has 0 bridgehead atoms. The monoisotopic (exact) mass is 319 g/mol. The molecule has 1 saturated carbocycles. The minimum absolute atomic E-state index is 0.000929. The van der Waals surface area contributed by atoms with E-state index in [4.69, 9.17) is 0 Å². The number of nitrogens with zero attached hydrogens (tertiary/aromatic N) is 3.